The first-order chi connectivity index (χ1) is 18.7. The Hall–Kier alpha value is -2.78. The van der Waals surface area contributed by atoms with Gasteiger partial charge in [-0.2, -0.15) is 0 Å². The molecule has 0 unspecified atom stereocenters. The fourth-order valence-electron chi connectivity index (χ4n) is 4.07. The number of nitrogens with zero attached hydrogens (tertiary/aromatic N) is 2. The molecule has 0 radical (unpaired) electrons. The van der Waals surface area contributed by atoms with Crippen molar-refractivity contribution in [2.24, 2.45) is 0 Å². The Morgan fingerprint density at radius 3 is 2.08 bits per heavy atom. The highest BCUT2D eigenvalue weighted by atomic mass is 35.5. The number of amides is 2. The molecule has 40 heavy (non-hydrogen) atoms. The lowest BCUT2D eigenvalue weighted by Gasteiger charge is -2.35. The second-order valence-corrected chi connectivity index (χ2v) is 13.6. The van der Waals surface area contributed by atoms with E-state index in [9.17, 15) is 18.0 Å². The maximum absolute atomic E-state index is 14.1. The van der Waals surface area contributed by atoms with Gasteiger partial charge in [0, 0.05) is 23.5 Å². The average Bonchev–Trinajstić information content (AvgIpc) is 2.86. The number of carbonyl (C=O) groups is 2. The monoisotopic (exact) mass is 623 g/mol. The molecule has 0 aliphatic heterocycles. The lowest BCUT2D eigenvalue weighted by atomic mass is 10.0. The molecule has 0 saturated carbocycles. The maximum Gasteiger partial charge on any atom is 0.244 e. The maximum atomic E-state index is 14.1. The van der Waals surface area contributed by atoms with Crippen LogP contribution < -0.4 is 9.62 Å². The van der Waals surface area contributed by atoms with Gasteiger partial charge in [0.2, 0.25) is 21.8 Å². The van der Waals surface area contributed by atoms with Gasteiger partial charge in [-0.3, -0.25) is 13.9 Å². The summed E-state index contributed by atoms with van der Waals surface area (Å²) in [5.41, 5.74) is 1.03. The van der Waals surface area contributed by atoms with Crippen molar-refractivity contribution in [3.05, 3.63) is 99.0 Å². The highest BCUT2D eigenvalue weighted by molar-refractivity contribution is 7.92. The molecule has 7 nitrogen and oxygen atoms in total. The largest absolute Gasteiger partial charge is 0.350 e. The van der Waals surface area contributed by atoms with Crippen molar-refractivity contribution >= 4 is 62.3 Å². The number of carbonyl (C=O) groups excluding carboxylic acids is 2. The second kappa shape index (κ2) is 13.3. The topological polar surface area (TPSA) is 86.8 Å². The van der Waals surface area contributed by atoms with Crippen LogP contribution in [0.2, 0.25) is 15.1 Å². The molecule has 3 rings (SSSR count). The molecule has 0 aromatic heterocycles. The van der Waals surface area contributed by atoms with E-state index in [1.54, 1.807) is 24.3 Å². The summed E-state index contributed by atoms with van der Waals surface area (Å²) in [6.07, 6.45) is 1.19. The summed E-state index contributed by atoms with van der Waals surface area (Å²) in [6.45, 7) is 4.95. The van der Waals surface area contributed by atoms with Crippen LogP contribution in [0.1, 0.15) is 31.9 Å². The zero-order valence-electron chi connectivity index (χ0n) is 22.7. The van der Waals surface area contributed by atoms with Crippen molar-refractivity contribution in [1.82, 2.24) is 10.2 Å². The van der Waals surface area contributed by atoms with Crippen LogP contribution in [0.25, 0.3) is 0 Å². The Morgan fingerprint density at radius 2 is 1.50 bits per heavy atom. The SMILES string of the molecule is CC(C)(C)NC(=O)[C@@H](Cc1ccccc1)N(Cc1ccccc1Cl)C(=O)CN(c1ccc(Cl)c(Cl)c1)S(C)(=O)=O. The standard InChI is InChI=1S/C29H32Cl3N3O4S/c1-29(2,3)33-28(37)26(16-20-10-6-5-7-11-20)34(18-21-12-8-9-13-23(21)30)27(36)19-35(40(4,38)39)22-14-15-24(31)25(32)17-22/h5-15,17,26H,16,18-19H2,1-4H3,(H,33,37)/t26-/m1/s1. The molecular formula is C29H32Cl3N3O4S. The van der Waals surface area contributed by atoms with Crippen LogP contribution in [0.5, 0.6) is 0 Å². The third kappa shape index (κ3) is 8.86. The summed E-state index contributed by atoms with van der Waals surface area (Å²) in [5.74, 6) is -0.974. The predicted molar refractivity (Wildman–Crippen MR) is 162 cm³/mol. The van der Waals surface area contributed by atoms with Crippen LogP contribution in [0.4, 0.5) is 5.69 Å². The molecule has 0 bridgehead atoms. The Balaban J connectivity index is 2.10. The summed E-state index contributed by atoms with van der Waals surface area (Å²) >= 11 is 18.7. The molecule has 11 heteroatoms. The zero-order valence-corrected chi connectivity index (χ0v) is 25.8. The van der Waals surface area contributed by atoms with E-state index in [0.29, 0.717) is 10.6 Å². The van der Waals surface area contributed by atoms with E-state index < -0.39 is 34.1 Å². The number of halogens is 3. The van der Waals surface area contributed by atoms with Crippen molar-refractivity contribution in [1.29, 1.82) is 0 Å². The number of rotatable bonds is 10. The molecule has 0 spiro atoms. The quantitative estimate of drug-likeness (QED) is 0.301. The van der Waals surface area contributed by atoms with Gasteiger partial charge in [-0.05, 0) is 56.2 Å². The Bertz CT molecular complexity index is 1460. The minimum absolute atomic E-state index is 0.0213. The van der Waals surface area contributed by atoms with Crippen LogP contribution in [0.3, 0.4) is 0 Å². The van der Waals surface area contributed by atoms with Crippen molar-refractivity contribution in [2.45, 2.75) is 45.3 Å². The summed E-state index contributed by atoms with van der Waals surface area (Å²) in [5, 5.41) is 3.77. The summed E-state index contributed by atoms with van der Waals surface area (Å²) in [6, 6.07) is 19.6. The zero-order chi connectivity index (χ0) is 29.7. The van der Waals surface area contributed by atoms with Gasteiger partial charge < -0.3 is 10.2 Å². The van der Waals surface area contributed by atoms with Crippen LogP contribution in [0, 0.1) is 0 Å². The van der Waals surface area contributed by atoms with E-state index >= 15 is 0 Å². The molecule has 2 amide bonds. The van der Waals surface area contributed by atoms with E-state index in [-0.39, 0.29) is 34.6 Å². The molecule has 0 aliphatic carbocycles. The van der Waals surface area contributed by atoms with Gasteiger partial charge in [-0.1, -0.05) is 83.3 Å². The van der Waals surface area contributed by atoms with Gasteiger partial charge in [-0.25, -0.2) is 8.42 Å². The fourth-order valence-corrected chi connectivity index (χ4v) is 5.40. The average molecular weight is 625 g/mol. The Kier molecular flexibility index (Phi) is 10.5. The number of anilines is 1. The van der Waals surface area contributed by atoms with Crippen LogP contribution in [0.15, 0.2) is 72.8 Å². The van der Waals surface area contributed by atoms with E-state index in [2.05, 4.69) is 5.32 Å². The summed E-state index contributed by atoms with van der Waals surface area (Å²) in [7, 11) is -3.93. The first kappa shape index (κ1) is 31.7. The fraction of sp³-hybridized carbons (Fsp3) is 0.310. The van der Waals surface area contributed by atoms with Crippen LogP contribution >= 0.6 is 34.8 Å². The summed E-state index contributed by atoms with van der Waals surface area (Å²) in [4.78, 5) is 29.2. The van der Waals surface area contributed by atoms with E-state index in [1.807, 2.05) is 51.1 Å². The Morgan fingerprint density at radius 1 is 0.875 bits per heavy atom. The first-order valence-electron chi connectivity index (χ1n) is 12.5. The minimum Gasteiger partial charge on any atom is -0.350 e. The van der Waals surface area contributed by atoms with Gasteiger partial charge in [-0.15, -0.1) is 0 Å². The molecule has 214 valence electrons. The minimum atomic E-state index is -3.93. The van der Waals surface area contributed by atoms with Gasteiger partial charge in [0.1, 0.15) is 12.6 Å². The summed E-state index contributed by atoms with van der Waals surface area (Å²) < 4.78 is 26.7. The number of hydrogen-bond acceptors (Lipinski definition) is 4. The van der Waals surface area contributed by atoms with Gasteiger partial charge in [0.25, 0.3) is 0 Å². The third-order valence-electron chi connectivity index (χ3n) is 5.94. The smallest absolute Gasteiger partial charge is 0.244 e. The first-order valence-corrected chi connectivity index (χ1v) is 15.5. The number of benzene rings is 3. The molecule has 3 aromatic rings. The van der Waals surface area contributed by atoms with Crippen molar-refractivity contribution in [2.75, 3.05) is 17.1 Å². The van der Waals surface area contributed by atoms with E-state index in [1.165, 1.54) is 23.1 Å². The lowest BCUT2D eigenvalue weighted by Crippen LogP contribution is -2.56. The number of nitrogens with one attached hydrogen (secondary N) is 1. The van der Waals surface area contributed by atoms with E-state index in [4.69, 9.17) is 34.8 Å². The highest BCUT2D eigenvalue weighted by Gasteiger charge is 2.34. The molecule has 3 aromatic carbocycles. The molecule has 0 fully saturated rings. The number of hydrogen-bond donors (Lipinski definition) is 1. The van der Waals surface area contributed by atoms with Gasteiger partial charge in [0.05, 0.1) is 22.0 Å². The van der Waals surface area contributed by atoms with Crippen molar-refractivity contribution < 1.29 is 18.0 Å². The Labute approximate surface area is 251 Å². The van der Waals surface area contributed by atoms with Gasteiger partial charge in [0.15, 0.2) is 0 Å². The molecule has 0 heterocycles. The number of sulfonamides is 1. The molecule has 1 N–H and O–H groups in total. The molecular weight excluding hydrogens is 593 g/mol. The molecule has 1 atom stereocenters. The second-order valence-electron chi connectivity index (χ2n) is 10.4. The predicted octanol–water partition coefficient (Wildman–Crippen LogP) is 5.97. The lowest BCUT2D eigenvalue weighted by molar-refractivity contribution is -0.140. The van der Waals surface area contributed by atoms with Gasteiger partial charge >= 0.3 is 0 Å². The molecule has 0 aliphatic rings. The normalized spacial score (nSPS) is 12.5. The van der Waals surface area contributed by atoms with Crippen molar-refractivity contribution in [3.63, 3.8) is 0 Å². The van der Waals surface area contributed by atoms with Crippen LogP contribution in [-0.2, 0) is 32.6 Å². The van der Waals surface area contributed by atoms with E-state index in [0.717, 1.165) is 16.1 Å². The highest BCUT2D eigenvalue weighted by Crippen LogP contribution is 2.29. The van der Waals surface area contributed by atoms with Crippen molar-refractivity contribution in [3.8, 4) is 0 Å². The molecule has 0 saturated heterocycles. The third-order valence-corrected chi connectivity index (χ3v) is 8.19. The van der Waals surface area contributed by atoms with Crippen LogP contribution in [-0.4, -0.2) is 49.5 Å².